The Morgan fingerprint density at radius 2 is 0.839 bits per heavy atom. The molecule has 0 fully saturated rings. The van der Waals surface area contributed by atoms with Crippen LogP contribution >= 0.6 is 0 Å². The summed E-state index contributed by atoms with van der Waals surface area (Å²) in [5.41, 5.74) is 20.6. The number of rotatable bonds is 3. The first kappa shape index (κ1) is 31.7. The fourth-order valence-electron chi connectivity index (χ4n) is 10.6. The highest BCUT2D eigenvalue weighted by Crippen LogP contribution is 2.55. The van der Waals surface area contributed by atoms with Gasteiger partial charge in [0.15, 0.2) is 0 Å². The van der Waals surface area contributed by atoms with Gasteiger partial charge in [-0.1, -0.05) is 137 Å². The van der Waals surface area contributed by atoms with E-state index in [1.54, 1.807) is 0 Å². The standard InChI is InChI=1S/C54H40N2/c1-53(2)45-29-33(24-26-38(45)43-32-50-44(31-47(43)53)40-20-12-13-21-48(40)55(50)35-15-7-5-8-16-35)34-23-25-37-41-27-28-42-39-19-11-14-22-49(39)56(36-17-9-6-10-18-36)52(42)51(41)54(3,4)46(37)30-34/h5-32H,1-4H3. The van der Waals surface area contributed by atoms with Gasteiger partial charge in [0.25, 0.3) is 0 Å². The minimum Gasteiger partial charge on any atom is -0.309 e. The molecule has 2 aliphatic carbocycles. The Morgan fingerprint density at radius 1 is 0.339 bits per heavy atom. The van der Waals surface area contributed by atoms with Crippen LogP contribution in [-0.4, -0.2) is 9.13 Å². The number of nitrogens with zero attached hydrogens (tertiary/aromatic N) is 2. The van der Waals surface area contributed by atoms with Crippen molar-refractivity contribution in [2.24, 2.45) is 0 Å². The topological polar surface area (TPSA) is 9.86 Å². The molecule has 8 aromatic carbocycles. The molecule has 2 aromatic heterocycles. The molecule has 0 amide bonds. The first-order valence-corrected chi connectivity index (χ1v) is 19.9. The number of hydrogen-bond donors (Lipinski definition) is 0. The molecule has 2 aliphatic rings. The van der Waals surface area contributed by atoms with Gasteiger partial charge in [0.05, 0.1) is 22.1 Å². The first-order valence-electron chi connectivity index (χ1n) is 19.9. The molecular formula is C54H40N2. The van der Waals surface area contributed by atoms with Crippen LogP contribution in [0.2, 0.25) is 0 Å². The molecule has 2 heteroatoms. The number of benzene rings is 8. The average molecular weight is 717 g/mol. The number of para-hydroxylation sites is 4. The Hall–Kier alpha value is -6.64. The van der Waals surface area contributed by atoms with Crippen LogP contribution in [0.15, 0.2) is 170 Å². The van der Waals surface area contributed by atoms with Crippen molar-refractivity contribution in [3.8, 4) is 44.8 Å². The molecule has 2 heterocycles. The quantitative estimate of drug-likeness (QED) is 0.172. The van der Waals surface area contributed by atoms with Crippen LogP contribution in [-0.2, 0) is 10.8 Å². The second kappa shape index (κ2) is 11.0. The number of aromatic nitrogens is 2. The van der Waals surface area contributed by atoms with Crippen LogP contribution in [0.3, 0.4) is 0 Å². The Labute approximate surface area is 326 Å². The molecule has 0 spiro atoms. The molecule has 0 atom stereocenters. The predicted molar refractivity (Wildman–Crippen MR) is 236 cm³/mol. The zero-order valence-electron chi connectivity index (χ0n) is 32.1. The lowest BCUT2D eigenvalue weighted by Crippen LogP contribution is -2.17. The lowest BCUT2D eigenvalue weighted by Gasteiger charge is -2.24. The fraction of sp³-hybridized carbons (Fsp3) is 0.111. The Balaban J connectivity index is 1.01. The second-order valence-electron chi connectivity index (χ2n) is 16.9. The van der Waals surface area contributed by atoms with E-state index in [1.165, 1.54) is 111 Å². The molecule has 0 radical (unpaired) electrons. The Kier molecular flexibility index (Phi) is 6.22. The van der Waals surface area contributed by atoms with Crippen molar-refractivity contribution in [3.05, 3.63) is 192 Å². The minimum absolute atomic E-state index is 0.145. The number of fused-ring (bicyclic) bond motifs is 13. The summed E-state index contributed by atoms with van der Waals surface area (Å²) >= 11 is 0. The maximum Gasteiger partial charge on any atom is 0.0588 e. The van der Waals surface area contributed by atoms with E-state index in [0.29, 0.717) is 0 Å². The molecule has 56 heavy (non-hydrogen) atoms. The summed E-state index contributed by atoms with van der Waals surface area (Å²) < 4.78 is 4.92. The van der Waals surface area contributed by atoms with Crippen molar-refractivity contribution in [3.63, 3.8) is 0 Å². The van der Waals surface area contributed by atoms with E-state index in [2.05, 4.69) is 207 Å². The predicted octanol–water partition coefficient (Wildman–Crippen LogP) is 14.2. The summed E-state index contributed by atoms with van der Waals surface area (Å²) in [5.74, 6) is 0. The molecule has 0 bridgehead atoms. The second-order valence-corrected chi connectivity index (χ2v) is 16.9. The minimum atomic E-state index is -0.200. The van der Waals surface area contributed by atoms with Crippen molar-refractivity contribution in [2.45, 2.75) is 38.5 Å². The van der Waals surface area contributed by atoms with Crippen molar-refractivity contribution in [1.29, 1.82) is 0 Å². The van der Waals surface area contributed by atoms with Gasteiger partial charge in [0.2, 0.25) is 0 Å². The van der Waals surface area contributed by atoms with Crippen LogP contribution in [0.1, 0.15) is 49.9 Å². The molecule has 0 saturated carbocycles. The molecule has 10 aromatic rings. The van der Waals surface area contributed by atoms with Crippen molar-refractivity contribution in [2.75, 3.05) is 0 Å². The third-order valence-corrected chi connectivity index (χ3v) is 13.3. The molecule has 0 aliphatic heterocycles. The smallest absolute Gasteiger partial charge is 0.0588 e. The maximum absolute atomic E-state index is 2.49. The Bertz CT molecular complexity index is 3280. The zero-order chi connectivity index (χ0) is 37.5. The van der Waals surface area contributed by atoms with Gasteiger partial charge in [-0.3, -0.25) is 0 Å². The van der Waals surface area contributed by atoms with Gasteiger partial charge >= 0.3 is 0 Å². The van der Waals surface area contributed by atoms with Crippen LogP contribution in [0.25, 0.3) is 88.4 Å². The molecular weight excluding hydrogens is 677 g/mol. The van der Waals surface area contributed by atoms with Gasteiger partial charge in [0, 0.05) is 43.7 Å². The molecule has 0 saturated heterocycles. The van der Waals surface area contributed by atoms with E-state index in [-0.39, 0.29) is 10.8 Å². The summed E-state index contributed by atoms with van der Waals surface area (Å²) in [4.78, 5) is 0. The van der Waals surface area contributed by atoms with Crippen molar-refractivity contribution in [1.82, 2.24) is 9.13 Å². The highest BCUT2D eigenvalue weighted by Gasteiger charge is 2.40. The third kappa shape index (κ3) is 4.06. The molecule has 0 N–H and O–H groups in total. The maximum atomic E-state index is 2.49. The van der Waals surface area contributed by atoms with E-state index < -0.39 is 0 Å². The molecule has 266 valence electrons. The van der Waals surface area contributed by atoms with Crippen molar-refractivity contribution >= 4 is 43.6 Å². The lowest BCUT2D eigenvalue weighted by atomic mass is 9.79. The van der Waals surface area contributed by atoms with Crippen LogP contribution in [0, 0.1) is 0 Å². The first-order chi connectivity index (χ1) is 27.3. The Morgan fingerprint density at radius 3 is 1.50 bits per heavy atom. The SMILES string of the molecule is CC1(C)c2cc(-c3ccc4c(c3)C(C)(C)c3c-4ccc4c5ccccc5n(-c5ccccc5)c34)ccc2-c2cc3c(cc21)c1ccccc1n3-c1ccccc1. The van der Waals surface area contributed by atoms with Crippen molar-refractivity contribution < 1.29 is 0 Å². The summed E-state index contributed by atoms with van der Waals surface area (Å²) in [5, 5.41) is 5.21. The van der Waals surface area contributed by atoms with Gasteiger partial charge in [0.1, 0.15) is 0 Å². The summed E-state index contributed by atoms with van der Waals surface area (Å²) in [6, 6.07) is 63.4. The highest BCUT2D eigenvalue weighted by molar-refractivity contribution is 6.14. The highest BCUT2D eigenvalue weighted by atomic mass is 15.0. The normalized spacial score (nSPS) is 14.7. The van der Waals surface area contributed by atoms with Gasteiger partial charge < -0.3 is 9.13 Å². The van der Waals surface area contributed by atoms with E-state index in [9.17, 15) is 0 Å². The van der Waals surface area contributed by atoms with Crippen LogP contribution in [0.4, 0.5) is 0 Å². The monoisotopic (exact) mass is 716 g/mol. The van der Waals surface area contributed by atoms with Gasteiger partial charge in [-0.2, -0.15) is 0 Å². The third-order valence-electron chi connectivity index (χ3n) is 13.3. The summed E-state index contributed by atoms with van der Waals surface area (Å²) in [7, 11) is 0. The molecule has 12 rings (SSSR count). The van der Waals surface area contributed by atoms with Crippen LogP contribution < -0.4 is 0 Å². The van der Waals surface area contributed by atoms with E-state index >= 15 is 0 Å². The summed E-state index contributed by atoms with van der Waals surface area (Å²) in [6.45, 7) is 9.66. The lowest BCUT2D eigenvalue weighted by molar-refractivity contribution is 0.661. The summed E-state index contributed by atoms with van der Waals surface area (Å²) in [6.07, 6.45) is 0. The largest absolute Gasteiger partial charge is 0.309 e. The zero-order valence-corrected chi connectivity index (χ0v) is 32.1. The molecule has 0 unspecified atom stereocenters. The molecule has 2 nitrogen and oxygen atoms in total. The van der Waals surface area contributed by atoms with E-state index in [1.807, 2.05) is 0 Å². The number of hydrogen-bond acceptors (Lipinski definition) is 0. The fourth-order valence-corrected chi connectivity index (χ4v) is 10.6. The van der Waals surface area contributed by atoms with Gasteiger partial charge in [-0.15, -0.1) is 0 Å². The van der Waals surface area contributed by atoms with Crippen LogP contribution in [0.5, 0.6) is 0 Å². The average Bonchev–Trinajstić information content (AvgIpc) is 3.89. The van der Waals surface area contributed by atoms with E-state index in [0.717, 1.165) is 0 Å². The van der Waals surface area contributed by atoms with E-state index in [4.69, 9.17) is 0 Å². The van der Waals surface area contributed by atoms with Gasteiger partial charge in [-0.05, 0) is 116 Å². The van der Waals surface area contributed by atoms with Gasteiger partial charge in [-0.25, -0.2) is 0 Å².